The molecule has 0 aliphatic rings. The summed E-state index contributed by atoms with van der Waals surface area (Å²) in [4.78, 5) is 16.2. The monoisotopic (exact) mass is 340 g/mol. The van der Waals surface area contributed by atoms with Crippen LogP contribution in [0.5, 0.6) is 0 Å². The number of fused-ring (bicyclic) bond motifs is 1. The molecule has 1 aromatic carbocycles. The minimum atomic E-state index is -0.0200. The maximum absolute atomic E-state index is 12.0. The van der Waals surface area contributed by atoms with Gasteiger partial charge in [-0.2, -0.15) is 0 Å². The van der Waals surface area contributed by atoms with Crippen LogP contribution in [-0.4, -0.2) is 21.9 Å². The van der Waals surface area contributed by atoms with Crippen LogP contribution in [0.25, 0.3) is 10.9 Å². The summed E-state index contributed by atoms with van der Waals surface area (Å²) < 4.78 is 1.05. The minimum Gasteiger partial charge on any atom is -0.352 e. The molecule has 17 heavy (non-hydrogen) atoms. The highest BCUT2D eigenvalue weighted by Gasteiger charge is 2.08. The number of rotatable bonds is 4. The predicted octanol–water partition coefficient (Wildman–Crippen LogP) is 2.79. The van der Waals surface area contributed by atoms with Gasteiger partial charge in [0.2, 0.25) is 0 Å². The molecule has 0 saturated heterocycles. The third kappa shape index (κ3) is 2.94. The van der Waals surface area contributed by atoms with Gasteiger partial charge < -0.3 is 5.32 Å². The normalized spacial score (nSPS) is 10.4. The van der Waals surface area contributed by atoms with Crippen LogP contribution < -0.4 is 5.32 Å². The van der Waals surface area contributed by atoms with Gasteiger partial charge in [-0.25, -0.2) is 0 Å². The summed E-state index contributed by atoms with van der Waals surface area (Å²) in [5, 5.41) is 3.83. The van der Waals surface area contributed by atoms with Crippen LogP contribution in [0.1, 0.15) is 16.8 Å². The molecule has 0 unspecified atom stereocenters. The van der Waals surface area contributed by atoms with Crippen molar-refractivity contribution in [2.24, 2.45) is 0 Å². The Morgan fingerprint density at radius 3 is 2.94 bits per heavy atom. The highest BCUT2D eigenvalue weighted by atomic mass is 127. The fourth-order valence-electron chi connectivity index (χ4n) is 1.66. The van der Waals surface area contributed by atoms with E-state index in [1.165, 1.54) is 0 Å². The van der Waals surface area contributed by atoms with Crippen molar-refractivity contribution < 1.29 is 4.79 Å². The van der Waals surface area contributed by atoms with Gasteiger partial charge in [0, 0.05) is 22.6 Å². The molecule has 0 radical (unpaired) electrons. The second-order valence-corrected chi connectivity index (χ2v) is 4.75. The van der Waals surface area contributed by atoms with E-state index in [9.17, 15) is 4.79 Å². The van der Waals surface area contributed by atoms with E-state index in [1.807, 2.05) is 24.3 Å². The maximum Gasteiger partial charge on any atom is 0.252 e. The first-order chi connectivity index (χ1) is 8.33. The highest BCUT2D eigenvalue weighted by Crippen LogP contribution is 2.15. The average molecular weight is 340 g/mol. The summed E-state index contributed by atoms with van der Waals surface area (Å²) >= 11 is 2.30. The number of halogens is 1. The minimum absolute atomic E-state index is 0.0200. The van der Waals surface area contributed by atoms with Crippen LogP contribution in [-0.2, 0) is 0 Å². The molecule has 3 nitrogen and oxygen atoms in total. The Morgan fingerprint density at radius 2 is 2.12 bits per heavy atom. The zero-order valence-electron chi connectivity index (χ0n) is 9.32. The molecule has 1 aromatic heterocycles. The van der Waals surface area contributed by atoms with Gasteiger partial charge in [0.05, 0.1) is 11.1 Å². The lowest BCUT2D eigenvalue weighted by molar-refractivity contribution is 0.0955. The van der Waals surface area contributed by atoms with Gasteiger partial charge in [-0.3, -0.25) is 9.78 Å². The van der Waals surface area contributed by atoms with Gasteiger partial charge in [0.25, 0.3) is 5.91 Å². The molecule has 1 amide bonds. The third-order valence-electron chi connectivity index (χ3n) is 2.49. The first-order valence-electron chi connectivity index (χ1n) is 5.51. The number of benzene rings is 1. The molecule has 0 fully saturated rings. The third-order valence-corrected chi connectivity index (χ3v) is 3.25. The van der Waals surface area contributed by atoms with Crippen molar-refractivity contribution in [2.75, 3.05) is 11.0 Å². The lowest BCUT2D eigenvalue weighted by Gasteiger charge is -2.06. The summed E-state index contributed by atoms with van der Waals surface area (Å²) in [6.45, 7) is 0.721. The zero-order chi connectivity index (χ0) is 12.1. The van der Waals surface area contributed by atoms with Crippen molar-refractivity contribution >= 4 is 39.4 Å². The molecule has 2 rings (SSSR count). The fourth-order valence-corrected chi connectivity index (χ4v) is 2.04. The summed E-state index contributed by atoms with van der Waals surface area (Å²) in [6, 6.07) is 9.45. The summed E-state index contributed by atoms with van der Waals surface area (Å²) in [5.74, 6) is -0.0200. The second-order valence-electron chi connectivity index (χ2n) is 3.67. The topological polar surface area (TPSA) is 42.0 Å². The lowest BCUT2D eigenvalue weighted by Crippen LogP contribution is -2.24. The van der Waals surface area contributed by atoms with Crippen molar-refractivity contribution in [1.82, 2.24) is 10.3 Å². The van der Waals surface area contributed by atoms with E-state index >= 15 is 0 Å². The van der Waals surface area contributed by atoms with E-state index in [0.717, 1.165) is 28.3 Å². The first kappa shape index (κ1) is 12.3. The van der Waals surface area contributed by atoms with Crippen molar-refractivity contribution in [3.8, 4) is 0 Å². The van der Waals surface area contributed by atoms with Crippen LogP contribution in [0.15, 0.2) is 36.5 Å². The van der Waals surface area contributed by atoms with Gasteiger partial charge in [-0.1, -0.05) is 40.8 Å². The van der Waals surface area contributed by atoms with Gasteiger partial charge in [-0.15, -0.1) is 0 Å². The Morgan fingerprint density at radius 1 is 1.29 bits per heavy atom. The number of hydrogen-bond acceptors (Lipinski definition) is 2. The van der Waals surface area contributed by atoms with Crippen molar-refractivity contribution in [1.29, 1.82) is 0 Å². The van der Waals surface area contributed by atoms with E-state index in [2.05, 4.69) is 32.9 Å². The molecule has 0 aliphatic heterocycles. The predicted molar refractivity (Wildman–Crippen MR) is 77.6 cm³/mol. The van der Waals surface area contributed by atoms with Crippen molar-refractivity contribution in [3.05, 3.63) is 42.1 Å². The Bertz CT molecular complexity index is 522. The molecular weight excluding hydrogens is 327 g/mol. The Hall–Kier alpha value is -1.17. The van der Waals surface area contributed by atoms with E-state index in [0.29, 0.717) is 5.56 Å². The SMILES string of the molecule is O=C(NCCCI)c1ccnc2ccccc12. The molecule has 2 aromatic rings. The summed E-state index contributed by atoms with van der Waals surface area (Å²) in [7, 11) is 0. The Balaban J connectivity index is 2.26. The van der Waals surface area contributed by atoms with E-state index in [1.54, 1.807) is 12.3 Å². The summed E-state index contributed by atoms with van der Waals surface area (Å²) in [6.07, 6.45) is 2.67. The number of hydrogen-bond donors (Lipinski definition) is 1. The van der Waals surface area contributed by atoms with Gasteiger partial charge in [0.1, 0.15) is 0 Å². The number of para-hydroxylation sites is 1. The standard InChI is InChI=1S/C13H13IN2O/c14-7-3-8-16-13(17)11-6-9-15-12-5-2-1-4-10(11)12/h1-2,4-6,9H,3,7-8H2,(H,16,17). The molecule has 4 heteroatoms. The summed E-state index contributed by atoms with van der Waals surface area (Å²) in [5.41, 5.74) is 1.55. The molecule has 1 heterocycles. The quantitative estimate of drug-likeness (QED) is 0.528. The molecule has 0 spiro atoms. The number of nitrogens with one attached hydrogen (secondary N) is 1. The maximum atomic E-state index is 12.0. The van der Waals surface area contributed by atoms with Crippen LogP contribution in [0, 0.1) is 0 Å². The number of alkyl halides is 1. The van der Waals surface area contributed by atoms with Crippen LogP contribution in [0.2, 0.25) is 0 Å². The number of carbonyl (C=O) groups is 1. The van der Waals surface area contributed by atoms with E-state index in [4.69, 9.17) is 0 Å². The molecule has 0 aliphatic carbocycles. The lowest BCUT2D eigenvalue weighted by atomic mass is 10.1. The highest BCUT2D eigenvalue weighted by molar-refractivity contribution is 14.1. The van der Waals surface area contributed by atoms with E-state index in [-0.39, 0.29) is 5.91 Å². The smallest absolute Gasteiger partial charge is 0.252 e. The first-order valence-corrected chi connectivity index (χ1v) is 7.03. The molecule has 0 atom stereocenters. The Labute approximate surface area is 114 Å². The van der Waals surface area contributed by atoms with Gasteiger partial charge >= 0.3 is 0 Å². The largest absolute Gasteiger partial charge is 0.352 e. The molecule has 0 saturated carbocycles. The average Bonchev–Trinajstić information content (AvgIpc) is 2.38. The van der Waals surface area contributed by atoms with Crippen LogP contribution in [0.3, 0.4) is 0 Å². The van der Waals surface area contributed by atoms with E-state index < -0.39 is 0 Å². The van der Waals surface area contributed by atoms with Gasteiger partial charge in [0.15, 0.2) is 0 Å². The van der Waals surface area contributed by atoms with Crippen molar-refractivity contribution in [3.63, 3.8) is 0 Å². The number of amides is 1. The number of pyridine rings is 1. The number of aromatic nitrogens is 1. The Kier molecular flexibility index (Phi) is 4.30. The zero-order valence-corrected chi connectivity index (χ0v) is 11.5. The molecule has 0 bridgehead atoms. The van der Waals surface area contributed by atoms with Crippen LogP contribution >= 0.6 is 22.6 Å². The fraction of sp³-hybridized carbons (Fsp3) is 0.231. The molecule has 88 valence electrons. The molecular formula is C13H13IN2O. The number of nitrogens with zero attached hydrogens (tertiary/aromatic N) is 1. The number of carbonyl (C=O) groups excluding carboxylic acids is 1. The van der Waals surface area contributed by atoms with Crippen molar-refractivity contribution in [2.45, 2.75) is 6.42 Å². The van der Waals surface area contributed by atoms with Gasteiger partial charge in [-0.05, 0) is 18.6 Å². The second kappa shape index (κ2) is 5.95. The molecule has 1 N–H and O–H groups in total. The van der Waals surface area contributed by atoms with Crippen LogP contribution in [0.4, 0.5) is 0 Å².